The summed E-state index contributed by atoms with van der Waals surface area (Å²) in [5.41, 5.74) is 0.378. The van der Waals surface area contributed by atoms with Gasteiger partial charge in [0, 0.05) is 38.3 Å². The van der Waals surface area contributed by atoms with Crippen molar-refractivity contribution >= 4 is 23.5 Å². The van der Waals surface area contributed by atoms with Crippen LogP contribution >= 0.6 is 11.6 Å². The Labute approximate surface area is 153 Å². The minimum atomic E-state index is -0.546. The standard InChI is InChI=1S/C18H25ClFN3O2/c1-18(2,3)12-21-17(25)23-8-4-7-22(9-10-23)16(24)13-5-6-15(20)14(19)11-13/h5-6,11H,4,7-10,12H2,1-3H3,(H,21,25). The minimum Gasteiger partial charge on any atom is -0.337 e. The van der Waals surface area contributed by atoms with Crippen molar-refractivity contribution in [2.75, 3.05) is 32.7 Å². The highest BCUT2D eigenvalue weighted by atomic mass is 35.5. The molecule has 0 unspecified atom stereocenters. The van der Waals surface area contributed by atoms with E-state index >= 15 is 0 Å². The highest BCUT2D eigenvalue weighted by Crippen LogP contribution is 2.18. The second-order valence-electron chi connectivity index (χ2n) is 7.48. The van der Waals surface area contributed by atoms with Gasteiger partial charge in [-0.05, 0) is 30.0 Å². The van der Waals surface area contributed by atoms with Gasteiger partial charge in [0.2, 0.25) is 0 Å². The number of nitrogens with zero attached hydrogens (tertiary/aromatic N) is 2. The van der Waals surface area contributed by atoms with Crippen molar-refractivity contribution in [3.05, 3.63) is 34.6 Å². The Bertz CT molecular complexity index is 646. The first-order valence-corrected chi connectivity index (χ1v) is 8.82. The fourth-order valence-corrected chi connectivity index (χ4v) is 2.77. The molecule has 1 N–H and O–H groups in total. The number of rotatable bonds is 2. The molecule has 0 atom stereocenters. The lowest BCUT2D eigenvalue weighted by Crippen LogP contribution is -2.44. The van der Waals surface area contributed by atoms with E-state index in [1.54, 1.807) is 9.80 Å². The number of hydrogen-bond acceptors (Lipinski definition) is 2. The Kier molecular flexibility index (Phi) is 6.27. The molecule has 1 aliphatic rings. The number of carbonyl (C=O) groups excluding carboxylic acids is 2. The summed E-state index contributed by atoms with van der Waals surface area (Å²) in [5.74, 6) is -0.741. The number of amides is 3. The quantitative estimate of drug-likeness (QED) is 0.868. The van der Waals surface area contributed by atoms with Crippen molar-refractivity contribution in [2.45, 2.75) is 27.2 Å². The van der Waals surface area contributed by atoms with Gasteiger partial charge >= 0.3 is 6.03 Å². The van der Waals surface area contributed by atoms with E-state index in [2.05, 4.69) is 26.1 Å². The first-order valence-electron chi connectivity index (χ1n) is 8.44. The lowest BCUT2D eigenvalue weighted by Gasteiger charge is -2.25. The summed E-state index contributed by atoms with van der Waals surface area (Å²) in [6.45, 7) is 8.84. The maximum absolute atomic E-state index is 13.3. The van der Waals surface area contributed by atoms with Crippen molar-refractivity contribution in [1.29, 1.82) is 0 Å². The van der Waals surface area contributed by atoms with Gasteiger partial charge in [-0.25, -0.2) is 9.18 Å². The summed E-state index contributed by atoms with van der Waals surface area (Å²) < 4.78 is 13.3. The predicted molar refractivity (Wildman–Crippen MR) is 96.4 cm³/mol. The van der Waals surface area contributed by atoms with E-state index < -0.39 is 5.82 Å². The third-order valence-electron chi connectivity index (χ3n) is 4.01. The molecule has 7 heteroatoms. The molecule has 1 heterocycles. The maximum atomic E-state index is 13.3. The molecule has 0 spiro atoms. The molecular weight excluding hydrogens is 345 g/mol. The summed E-state index contributed by atoms with van der Waals surface area (Å²) in [4.78, 5) is 28.3. The maximum Gasteiger partial charge on any atom is 0.317 e. The van der Waals surface area contributed by atoms with Gasteiger partial charge in [-0.1, -0.05) is 32.4 Å². The molecule has 3 amide bonds. The van der Waals surface area contributed by atoms with Crippen molar-refractivity contribution in [3.8, 4) is 0 Å². The summed E-state index contributed by atoms with van der Waals surface area (Å²) in [7, 11) is 0. The van der Waals surface area contributed by atoms with Crippen LogP contribution in [0.4, 0.5) is 9.18 Å². The predicted octanol–water partition coefficient (Wildman–Crippen LogP) is 3.38. The van der Waals surface area contributed by atoms with Gasteiger partial charge in [-0.3, -0.25) is 4.79 Å². The van der Waals surface area contributed by atoms with Crippen LogP contribution in [0.25, 0.3) is 0 Å². The Balaban J connectivity index is 1.95. The smallest absolute Gasteiger partial charge is 0.317 e. The zero-order valence-electron chi connectivity index (χ0n) is 14.9. The van der Waals surface area contributed by atoms with Gasteiger partial charge in [0.25, 0.3) is 5.91 Å². The van der Waals surface area contributed by atoms with Crippen molar-refractivity contribution < 1.29 is 14.0 Å². The lowest BCUT2D eigenvalue weighted by atomic mass is 9.97. The Morgan fingerprint density at radius 2 is 1.80 bits per heavy atom. The normalized spacial score (nSPS) is 15.7. The largest absolute Gasteiger partial charge is 0.337 e. The van der Waals surface area contributed by atoms with Crippen molar-refractivity contribution in [3.63, 3.8) is 0 Å². The number of carbonyl (C=O) groups is 2. The molecule has 0 aromatic heterocycles. The molecule has 2 rings (SSSR count). The van der Waals surface area contributed by atoms with E-state index in [0.29, 0.717) is 44.7 Å². The van der Waals surface area contributed by atoms with Gasteiger partial charge in [0.05, 0.1) is 5.02 Å². The van der Waals surface area contributed by atoms with Crippen LogP contribution in [-0.2, 0) is 0 Å². The molecule has 138 valence electrons. The molecule has 0 aliphatic carbocycles. The van der Waals surface area contributed by atoms with Crippen LogP contribution in [0.3, 0.4) is 0 Å². The van der Waals surface area contributed by atoms with Gasteiger partial charge in [0.15, 0.2) is 0 Å². The Hall–Kier alpha value is -1.82. The first-order chi connectivity index (χ1) is 11.7. The number of nitrogens with one attached hydrogen (secondary N) is 1. The van der Waals surface area contributed by atoms with Crippen LogP contribution in [0, 0.1) is 11.2 Å². The summed E-state index contributed by atoms with van der Waals surface area (Å²) >= 11 is 5.76. The molecule has 0 saturated carbocycles. The Morgan fingerprint density at radius 1 is 1.16 bits per heavy atom. The number of urea groups is 1. The molecule has 25 heavy (non-hydrogen) atoms. The van der Waals surface area contributed by atoms with E-state index in [-0.39, 0.29) is 22.4 Å². The van der Waals surface area contributed by atoms with E-state index in [0.717, 1.165) is 0 Å². The monoisotopic (exact) mass is 369 g/mol. The molecule has 0 radical (unpaired) electrons. The van der Waals surface area contributed by atoms with Crippen LogP contribution in [0.15, 0.2) is 18.2 Å². The third-order valence-corrected chi connectivity index (χ3v) is 4.30. The van der Waals surface area contributed by atoms with E-state index in [9.17, 15) is 14.0 Å². The number of benzene rings is 1. The fourth-order valence-electron chi connectivity index (χ4n) is 2.59. The zero-order valence-corrected chi connectivity index (χ0v) is 15.7. The Morgan fingerprint density at radius 3 is 2.44 bits per heavy atom. The third kappa shape index (κ3) is 5.59. The average molecular weight is 370 g/mol. The molecule has 5 nitrogen and oxygen atoms in total. The molecule has 1 aromatic rings. The minimum absolute atomic E-state index is 0.0192. The average Bonchev–Trinajstić information content (AvgIpc) is 2.80. The van der Waals surface area contributed by atoms with Crippen molar-refractivity contribution in [2.24, 2.45) is 5.41 Å². The van der Waals surface area contributed by atoms with Gasteiger partial charge in [-0.15, -0.1) is 0 Å². The molecule has 1 aromatic carbocycles. The molecule has 1 aliphatic heterocycles. The first kappa shape index (κ1) is 19.5. The van der Waals surface area contributed by atoms with E-state index in [1.807, 2.05) is 0 Å². The highest BCUT2D eigenvalue weighted by molar-refractivity contribution is 6.31. The lowest BCUT2D eigenvalue weighted by molar-refractivity contribution is 0.0762. The van der Waals surface area contributed by atoms with Gasteiger partial charge < -0.3 is 15.1 Å². The summed E-state index contributed by atoms with van der Waals surface area (Å²) in [5, 5.41) is 2.87. The van der Waals surface area contributed by atoms with Crippen LogP contribution in [0.2, 0.25) is 5.02 Å². The van der Waals surface area contributed by atoms with Crippen LogP contribution in [0.1, 0.15) is 37.6 Å². The molecule has 1 saturated heterocycles. The van der Waals surface area contributed by atoms with E-state index in [1.165, 1.54) is 18.2 Å². The van der Waals surface area contributed by atoms with Crippen LogP contribution in [-0.4, -0.2) is 54.5 Å². The van der Waals surface area contributed by atoms with Gasteiger partial charge in [-0.2, -0.15) is 0 Å². The van der Waals surface area contributed by atoms with E-state index in [4.69, 9.17) is 11.6 Å². The molecule has 1 fully saturated rings. The molecular formula is C18H25ClFN3O2. The second kappa shape index (κ2) is 8.04. The van der Waals surface area contributed by atoms with Gasteiger partial charge in [0.1, 0.15) is 5.82 Å². The number of halogens is 2. The van der Waals surface area contributed by atoms with Crippen LogP contribution in [0.5, 0.6) is 0 Å². The SMILES string of the molecule is CC(C)(C)CNC(=O)N1CCCN(C(=O)c2ccc(F)c(Cl)c2)CC1. The van der Waals surface area contributed by atoms with Crippen molar-refractivity contribution in [1.82, 2.24) is 15.1 Å². The molecule has 0 bridgehead atoms. The second-order valence-corrected chi connectivity index (χ2v) is 7.89. The summed E-state index contributed by atoms with van der Waals surface area (Å²) in [6.07, 6.45) is 0.698. The van der Waals surface area contributed by atoms with Crippen LogP contribution < -0.4 is 5.32 Å². The highest BCUT2D eigenvalue weighted by Gasteiger charge is 2.24. The summed E-state index contributed by atoms with van der Waals surface area (Å²) in [6, 6.07) is 3.87. The fraction of sp³-hybridized carbons (Fsp3) is 0.556. The number of hydrogen-bond donors (Lipinski definition) is 1. The topological polar surface area (TPSA) is 52.7 Å². The zero-order chi connectivity index (χ0) is 18.6.